The van der Waals surface area contributed by atoms with E-state index in [4.69, 9.17) is 14.4 Å². The fourth-order valence-corrected chi connectivity index (χ4v) is 5.89. The first-order valence-electron chi connectivity index (χ1n) is 11.6. The molecule has 192 valence electrons. The Morgan fingerprint density at radius 2 is 1.95 bits per heavy atom. The Balaban J connectivity index is 1.33. The molecule has 2 aromatic heterocycles. The zero-order valence-electron chi connectivity index (χ0n) is 20.2. The zero-order valence-corrected chi connectivity index (χ0v) is 21.9. The first-order valence-corrected chi connectivity index (χ1v) is 14.0. The summed E-state index contributed by atoms with van der Waals surface area (Å²) < 4.78 is 41.4. The number of carbonyl (C=O) groups excluding carboxylic acids is 1. The normalized spacial score (nSPS) is 11.5. The number of nitrogens with zero attached hydrogens (tertiary/aromatic N) is 3. The van der Waals surface area contributed by atoms with Crippen LogP contribution in [0.15, 0.2) is 87.5 Å². The van der Waals surface area contributed by atoms with E-state index in [1.54, 1.807) is 30.5 Å². The molecule has 5 aromatic rings. The average Bonchev–Trinajstić information content (AvgIpc) is 3.51. The highest BCUT2D eigenvalue weighted by Gasteiger charge is 2.20. The van der Waals surface area contributed by atoms with Crippen LogP contribution < -0.4 is 9.46 Å². The van der Waals surface area contributed by atoms with Crippen LogP contribution in [-0.4, -0.2) is 36.6 Å². The number of methoxy groups -OCH3 is 1. The van der Waals surface area contributed by atoms with Crippen LogP contribution in [0.1, 0.15) is 16.8 Å². The summed E-state index contributed by atoms with van der Waals surface area (Å²) in [5, 5.41) is 10.0. The van der Waals surface area contributed by atoms with Gasteiger partial charge >= 0.3 is 0 Å². The second-order valence-electron chi connectivity index (χ2n) is 8.29. The minimum atomic E-state index is -3.91. The third kappa shape index (κ3) is 5.09. The number of aryl methyl sites for hydroxylation is 1. The highest BCUT2D eigenvalue weighted by molar-refractivity contribution is 7.99. The van der Waals surface area contributed by atoms with Crippen molar-refractivity contribution in [1.82, 2.24) is 9.55 Å². The molecular weight excluding hydrogens is 524 g/mol. The number of thioether (sulfide) groups is 1. The summed E-state index contributed by atoms with van der Waals surface area (Å²) >= 11 is 1.14. The van der Waals surface area contributed by atoms with Crippen LogP contribution in [0.2, 0.25) is 0 Å². The second-order valence-corrected chi connectivity index (χ2v) is 10.9. The first kappa shape index (κ1) is 25.4. The number of carbonyl (C=O) groups is 1. The molecular formula is C27H22N4O5S2. The fourth-order valence-electron chi connectivity index (χ4n) is 4.08. The number of nitrogens with one attached hydrogen (secondary N) is 1. The van der Waals surface area contributed by atoms with Crippen molar-refractivity contribution in [2.75, 3.05) is 17.6 Å². The number of aromatic nitrogens is 2. The number of Topliss-reactive ketones (excluding diaryl/α,β-unsaturated/α-hetero) is 1. The highest BCUT2D eigenvalue weighted by Crippen LogP contribution is 2.30. The maximum absolute atomic E-state index is 13.1. The Morgan fingerprint density at radius 3 is 2.76 bits per heavy atom. The highest BCUT2D eigenvalue weighted by atomic mass is 32.2. The molecule has 9 nitrogen and oxygen atoms in total. The number of oxazole rings is 1. The minimum absolute atomic E-state index is 0.0158. The van der Waals surface area contributed by atoms with Gasteiger partial charge in [-0.2, -0.15) is 5.26 Å². The number of para-hydroxylation sites is 3. The topological polar surface area (TPSA) is 127 Å². The maximum Gasteiger partial charge on any atom is 0.262 e. The number of ether oxygens (including phenoxy) is 1. The van der Waals surface area contributed by atoms with Gasteiger partial charge in [0.1, 0.15) is 11.3 Å². The molecule has 0 aliphatic rings. The van der Waals surface area contributed by atoms with Gasteiger partial charge in [-0.1, -0.05) is 42.1 Å². The van der Waals surface area contributed by atoms with Crippen molar-refractivity contribution in [3.63, 3.8) is 0 Å². The minimum Gasteiger partial charge on any atom is -0.495 e. The van der Waals surface area contributed by atoms with E-state index in [2.05, 4.69) is 15.8 Å². The van der Waals surface area contributed by atoms with Crippen molar-refractivity contribution >= 4 is 55.3 Å². The van der Waals surface area contributed by atoms with Gasteiger partial charge in [0.15, 0.2) is 11.4 Å². The van der Waals surface area contributed by atoms with Crippen molar-refractivity contribution < 1.29 is 22.4 Å². The van der Waals surface area contributed by atoms with Gasteiger partial charge in [0, 0.05) is 29.2 Å². The molecule has 0 spiro atoms. The van der Waals surface area contributed by atoms with E-state index in [-0.39, 0.29) is 21.7 Å². The van der Waals surface area contributed by atoms with Crippen LogP contribution in [-0.2, 0) is 16.6 Å². The smallest absolute Gasteiger partial charge is 0.262 e. The Labute approximate surface area is 223 Å². The van der Waals surface area contributed by atoms with E-state index >= 15 is 0 Å². The van der Waals surface area contributed by atoms with E-state index in [0.29, 0.717) is 41.1 Å². The molecule has 0 unspecified atom stereocenters. The molecule has 1 N–H and O–H groups in total. The van der Waals surface area contributed by atoms with Gasteiger partial charge in [-0.15, -0.1) is 0 Å². The number of ketones is 1. The number of anilines is 1. The van der Waals surface area contributed by atoms with Gasteiger partial charge in [-0.05, 0) is 36.4 Å². The van der Waals surface area contributed by atoms with Crippen LogP contribution in [0.25, 0.3) is 22.0 Å². The van der Waals surface area contributed by atoms with Gasteiger partial charge < -0.3 is 13.7 Å². The first-order chi connectivity index (χ1) is 18.4. The predicted molar refractivity (Wildman–Crippen MR) is 145 cm³/mol. The zero-order chi connectivity index (χ0) is 26.7. The van der Waals surface area contributed by atoms with E-state index < -0.39 is 10.0 Å². The van der Waals surface area contributed by atoms with Crippen molar-refractivity contribution in [2.24, 2.45) is 0 Å². The lowest BCUT2D eigenvalue weighted by atomic mass is 10.1. The fraction of sp³-hybridized carbons (Fsp3) is 0.148. The van der Waals surface area contributed by atoms with Crippen LogP contribution in [0.3, 0.4) is 0 Å². The van der Waals surface area contributed by atoms with Crippen LogP contribution >= 0.6 is 11.8 Å². The molecule has 0 fully saturated rings. The SMILES string of the molecule is COc1ccccc1NS(=O)(=O)c1ccc2oc(SCC(=O)c3cn(CCC#N)c4ccccc34)nc2c1. The van der Waals surface area contributed by atoms with Gasteiger partial charge in [0.05, 0.1) is 35.9 Å². The number of fused-ring (bicyclic) bond motifs is 2. The molecule has 0 saturated heterocycles. The molecule has 3 aromatic carbocycles. The predicted octanol–water partition coefficient (Wildman–Crippen LogP) is 5.48. The second kappa shape index (κ2) is 10.6. The molecule has 0 saturated carbocycles. The van der Waals surface area contributed by atoms with Crippen LogP contribution in [0.4, 0.5) is 5.69 Å². The van der Waals surface area contributed by atoms with Gasteiger partial charge in [-0.25, -0.2) is 13.4 Å². The third-order valence-electron chi connectivity index (χ3n) is 5.88. The lowest BCUT2D eigenvalue weighted by Gasteiger charge is -2.11. The summed E-state index contributed by atoms with van der Waals surface area (Å²) in [7, 11) is -2.45. The summed E-state index contributed by atoms with van der Waals surface area (Å²) in [4.78, 5) is 17.5. The number of hydrogen-bond donors (Lipinski definition) is 1. The summed E-state index contributed by atoms with van der Waals surface area (Å²) in [5.74, 6) is 0.378. The maximum atomic E-state index is 13.1. The monoisotopic (exact) mass is 546 g/mol. The number of nitriles is 1. The number of benzene rings is 3. The van der Waals surface area contributed by atoms with Gasteiger partial charge in [0.2, 0.25) is 0 Å². The number of sulfonamides is 1. The molecule has 0 aliphatic carbocycles. The summed E-state index contributed by atoms with van der Waals surface area (Å²) in [5.41, 5.74) is 2.55. The summed E-state index contributed by atoms with van der Waals surface area (Å²) in [6, 6.07) is 20.8. The van der Waals surface area contributed by atoms with Crippen molar-refractivity contribution in [1.29, 1.82) is 5.26 Å². The number of hydrogen-bond acceptors (Lipinski definition) is 8. The molecule has 0 amide bonds. The Hall–Kier alpha value is -4.27. The molecule has 11 heteroatoms. The third-order valence-corrected chi connectivity index (χ3v) is 8.07. The van der Waals surface area contributed by atoms with Crippen LogP contribution in [0, 0.1) is 11.3 Å². The van der Waals surface area contributed by atoms with Crippen molar-refractivity contribution in [3.05, 3.63) is 78.5 Å². The molecule has 0 radical (unpaired) electrons. The number of rotatable bonds is 10. The molecule has 0 aliphatic heterocycles. The average molecular weight is 547 g/mol. The Kier molecular flexibility index (Phi) is 7.09. The lowest BCUT2D eigenvalue weighted by Crippen LogP contribution is -2.13. The molecule has 2 heterocycles. The molecule has 38 heavy (non-hydrogen) atoms. The Bertz CT molecular complexity index is 1800. The quantitative estimate of drug-likeness (QED) is 0.180. The molecule has 0 bridgehead atoms. The Morgan fingerprint density at radius 1 is 1.16 bits per heavy atom. The summed E-state index contributed by atoms with van der Waals surface area (Å²) in [6.07, 6.45) is 2.12. The summed E-state index contributed by atoms with van der Waals surface area (Å²) in [6.45, 7) is 0.500. The molecule has 0 atom stereocenters. The lowest BCUT2D eigenvalue weighted by molar-refractivity contribution is 0.102. The van der Waals surface area contributed by atoms with E-state index in [1.807, 2.05) is 28.8 Å². The van der Waals surface area contributed by atoms with Gasteiger partial charge in [-0.3, -0.25) is 9.52 Å². The van der Waals surface area contributed by atoms with Crippen LogP contribution in [0.5, 0.6) is 5.75 Å². The molecule has 5 rings (SSSR count). The van der Waals surface area contributed by atoms with Crippen molar-refractivity contribution in [2.45, 2.75) is 23.1 Å². The van der Waals surface area contributed by atoms with Gasteiger partial charge in [0.25, 0.3) is 15.2 Å². The van der Waals surface area contributed by atoms with Crippen molar-refractivity contribution in [3.8, 4) is 11.8 Å². The standard InChI is InChI=1S/C27H22N4O5S2/c1-35-25-10-5-3-8-21(25)30-38(33,34)18-11-12-26-22(15-18)29-27(36-26)37-17-24(32)20-16-31(14-6-13-28)23-9-4-2-7-19(20)23/h2-5,7-12,15-16,30H,6,14,17H2,1H3. The largest absolute Gasteiger partial charge is 0.495 e. The van der Waals surface area contributed by atoms with E-state index in [9.17, 15) is 13.2 Å². The van der Waals surface area contributed by atoms with E-state index in [0.717, 1.165) is 22.7 Å². The van der Waals surface area contributed by atoms with E-state index in [1.165, 1.54) is 25.3 Å².